The minimum atomic E-state index is 0.650. The molecule has 1 aromatic rings. The minimum absolute atomic E-state index is 0.650. The summed E-state index contributed by atoms with van der Waals surface area (Å²) in [7, 11) is 0. The van der Waals surface area contributed by atoms with Gasteiger partial charge in [-0.2, -0.15) is 0 Å². The molecule has 1 aliphatic carbocycles. The van der Waals surface area contributed by atoms with E-state index in [4.69, 9.17) is 4.98 Å². The van der Waals surface area contributed by atoms with Gasteiger partial charge in [-0.1, -0.05) is 13.8 Å². The highest BCUT2D eigenvalue weighted by atomic mass is 15.2. The molecule has 19 heavy (non-hydrogen) atoms. The smallest absolute Gasteiger partial charge is 0.133 e. The van der Waals surface area contributed by atoms with Crippen molar-refractivity contribution in [1.82, 2.24) is 9.97 Å². The molecule has 2 heterocycles. The monoisotopic (exact) mass is 259 g/mol. The van der Waals surface area contributed by atoms with Crippen LogP contribution in [0.4, 0.5) is 5.82 Å². The summed E-state index contributed by atoms with van der Waals surface area (Å²) in [5.41, 5.74) is 0. The predicted molar refractivity (Wildman–Crippen MR) is 78.4 cm³/mol. The molecule has 3 rings (SSSR count). The van der Waals surface area contributed by atoms with Gasteiger partial charge in [0.15, 0.2) is 0 Å². The molecule has 0 amide bonds. The topological polar surface area (TPSA) is 29.0 Å². The molecule has 0 aromatic carbocycles. The van der Waals surface area contributed by atoms with E-state index in [0.29, 0.717) is 12.0 Å². The predicted octanol–water partition coefficient (Wildman–Crippen LogP) is 3.76. The summed E-state index contributed by atoms with van der Waals surface area (Å²) in [6.07, 6.45) is 9.78. The van der Waals surface area contributed by atoms with E-state index in [1.54, 1.807) is 0 Å². The van der Waals surface area contributed by atoms with Crippen LogP contribution < -0.4 is 4.90 Å². The number of nitrogens with zero attached hydrogens (tertiary/aromatic N) is 3. The lowest BCUT2D eigenvalue weighted by atomic mass is 10.0. The Morgan fingerprint density at radius 3 is 2.89 bits per heavy atom. The van der Waals surface area contributed by atoms with Gasteiger partial charge in [0.25, 0.3) is 0 Å². The molecule has 1 aliphatic heterocycles. The molecule has 104 valence electrons. The molecular weight excluding hydrogens is 234 g/mol. The van der Waals surface area contributed by atoms with Gasteiger partial charge in [-0.15, -0.1) is 0 Å². The summed E-state index contributed by atoms with van der Waals surface area (Å²) < 4.78 is 0. The molecule has 0 N–H and O–H groups in total. The number of anilines is 1. The maximum absolute atomic E-state index is 4.81. The first-order valence-electron chi connectivity index (χ1n) is 7.83. The molecule has 0 bridgehead atoms. The largest absolute Gasteiger partial charge is 0.354 e. The number of hydrogen-bond donors (Lipinski definition) is 0. The molecule has 1 atom stereocenters. The van der Waals surface area contributed by atoms with Crippen LogP contribution >= 0.6 is 0 Å². The molecular formula is C16H25N3. The zero-order valence-electron chi connectivity index (χ0n) is 12.2. The highest BCUT2D eigenvalue weighted by molar-refractivity contribution is 5.40. The van der Waals surface area contributed by atoms with Crippen molar-refractivity contribution < 1.29 is 0 Å². The molecule has 1 saturated heterocycles. The van der Waals surface area contributed by atoms with Crippen molar-refractivity contribution in [2.24, 2.45) is 5.92 Å². The van der Waals surface area contributed by atoms with Crippen LogP contribution in [0.3, 0.4) is 0 Å². The van der Waals surface area contributed by atoms with E-state index >= 15 is 0 Å². The third-order valence-electron chi connectivity index (χ3n) is 4.35. The number of aromatic nitrogens is 2. The van der Waals surface area contributed by atoms with Crippen LogP contribution in [0.5, 0.6) is 0 Å². The van der Waals surface area contributed by atoms with Crippen molar-refractivity contribution in [3.8, 4) is 0 Å². The van der Waals surface area contributed by atoms with Gasteiger partial charge in [0.2, 0.25) is 0 Å². The lowest BCUT2D eigenvalue weighted by Gasteiger charge is -2.26. The van der Waals surface area contributed by atoms with Crippen LogP contribution in [-0.4, -0.2) is 22.6 Å². The highest BCUT2D eigenvalue weighted by Crippen LogP contribution is 2.38. The lowest BCUT2D eigenvalue weighted by Crippen LogP contribution is -2.30. The first-order valence-corrected chi connectivity index (χ1v) is 7.83. The number of hydrogen-bond acceptors (Lipinski definition) is 3. The van der Waals surface area contributed by atoms with Gasteiger partial charge in [-0.05, 0) is 50.5 Å². The summed E-state index contributed by atoms with van der Waals surface area (Å²) in [4.78, 5) is 11.8. The van der Waals surface area contributed by atoms with E-state index in [9.17, 15) is 0 Å². The fraction of sp³-hybridized carbons (Fsp3) is 0.750. The van der Waals surface area contributed by atoms with Gasteiger partial charge in [-0.25, -0.2) is 9.97 Å². The summed E-state index contributed by atoms with van der Waals surface area (Å²) in [6.45, 7) is 5.80. The van der Waals surface area contributed by atoms with Crippen molar-refractivity contribution >= 4 is 5.82 Å². The normalized spacial score (nSPS) is 23.3. The zero-order valence-corrected chi connectivity index (χ0v) is 12.2. The Labute approximate surface area is 116 Å². The summed E-state index contributed by atoms with van der Waals surface area (Å²) in [5, 5.41) is 0. The van der Waals surface area contributed by atoms with Crippen LogP contribution in [-0.2, 0) is 0 Å². The zero-order chi connectivity index (χ0) is 13.2. The highest BCUT2D eigenvalue weighted by Gasteiger charge is 2.29. The van der Waals surface area contributed by atoms with Crippen molar-refractivity contribution in [1.29, 1.82) is 0 Å². The molecule has 2 aliphatic rings. The molecule has 3 nitrogen and oxygen atoms in total. The van der Waals surface area contributed by atoms with Crippen LogP contribution in [0.1, 0.15) is 64.1 Å². The Bertz CT molecular complexity index is 426. The first kappa shape index (κ1) is 12.9. The molecule has 1 unspecified atom stereocenters. The van der Waals surface area contributed by atoms with Crippen LogP contribution in [0.25, 0.3) is 0 Å². The van der Waals surface area contributed by atoms with Crippen LogP contribution in [0, 0.1) is 5.92 Å². The lowest BCUT2D eigenvalue weighted by molar-refractivity contribution is 0.494. The van der Waals surface area contributed by atoms with Crippen molar-refractivity contribution in [2.75, 3.05) is 11.4 Å². The fourth-order valence-corrected chi connectivity index (χ4v) is 3.03. The van der Waals surface area contributed by atoms with E-state index in [1.165, 1.54) is 50.9 Å². The van der Waals surface area contributed by atoms with Gasteiger partial charge in [-0.3, -0.25) is 0 Å². The third kappa shape index (κ3) is 3.07. The molecule has 3 heteroatoms. The molecule has 1 saturated carbocycles. The van der Waals surface area contributed by atoms with Gasteiger partial charge in [0, 0.05) is 24.7 Å². The van der Waals surface area contributed by atoms with Crippen molar-refractivity contribution in [3.63, 3.8) is 0 Å². The fourth-order valence-electron chi connectivity index (χ4n) is 3.03. The van der Waals surface area contributed by atoms with Gasteiger partial charge < -0.3 is 4.90 Å². The summed E-state index contributed by atoms with van der Waals surface area (Å²) in [6, 6.07) is 2.80. The average Bonchev–Trinajstić information content (AvgIpc) is 3.15. The SMILES string of the molecule is CC(C)CCC1CCCN1c1ccnc(C2CC2)n1. The molecule has 1 aromatic heterocycles. The third-order valence-corrected chi connectivity index (χ3v) is 4.35. The van der Waals surface area contributed by atoms with Gasteiger partial charge >= 0.3 is 0 Å². The van der Waals surface area contributed by atoms with Crippen molar-refractivity contribution in [3.05, 3.63) is 18.1 Å². The van der Waals surface area contributed by atoms with Crippen LogP contribution in [0.2, 0.25) is 0 Å². The number of rotatable bonds is 5. The van der Waals surface area contributed by atoms with E-state index < -0.39 is 0 Å². The average molecular weight is 259 g/mol. The maximum Gasteiger partial charge on any atom is 0.133 e. The molecule has 2 fully saturated rings. The molecule has 0 spiro atoms. The summed E-state index contributed by atoms with van der Waals surface area (Å²) in [5.74, 6) is 3.70. The Hall–Kier alpha value is -1.12. The Morgan fingerprint density at radius 2 is 2.16 bits per heavy atom. The Kier molecular flexibility index (Phi) is 3.72. The quantitative estimate of drug-likeness (QED) is 0.806. The second kappa shape index (κ2) is 5.48. The Morgan fingerprint density at radius 1 is 1.32 bits per heavy atom. The summed E-state index contributed by atoms with van der Waals surface area (Å²) >= 11 is 0. The standard InChI is InChI=1S/C16H25N3/c1-12(2)5-8-14-4-3-11-19(14)15-9-10-17-16(18-15)13-6-7-13/h9-10,12-14H,3-8,11H2,1-2H3. The minimum Gasteiger partial charge on any atom is -0.354 e. The van der Waals surface area contributed by atoms with E-state index in [0.717, 1.165) is 11.7 Å². The second-order valence-electron chi connectivity index (χ2n) is 6.51. The van der Waals surface area contributed by atoms with E-state index in [1.807, 2.05) is 6.20 Å². The van der Waals surface area contributed by atoms with E-state index in [-0.39, 0.29) is 0 Å². The van der Waals surface area contributed by atoms with E-state index in [2.05, 4.69) is 29.8 Å². The van der Waals surface area contributed by atoms with Crippen LogP contribution in [0.15, 0.2) is 12.3 Å². The first-order chi connectivity index (χ1) is 9.24. The van der Waals surface area contributed by atoms with Gasteiger partial charge in [0.1, 0.15) is 11.6 Å². The maximum atomic E-state index is 4.81. The second-order valence-corrected chi connectivity index (χ2v) is 6.51. The molecule has 0 radical (unpaired) electrons. The van der Waals surface area contributed by atoms with Crippen molar-refractivity contribution in [2.45, 2.75) is 64.3 Å². The Balaban J connectivity index is 1.70. The van der Waals surface area contributed by atoms with Gasteiger partial charge in [0.05, 0.1) is 0 Å².